The van der Waals surface area contributed by atoms with Crippen LogP contribution in [-0.4, -0.2) is 50.1 Å². The first kappa shape index (κ1) is 13.0. The second-order valence-electron chi connectivity index (χ2n) is 4.13. The molecule has 0 spiro atoms. The summed E-state index contributed by atoms with van der Waals surface area (Å²) < 4.78 is 4.53. The van der Waals surface area contributed by atoms with Crippen LogP contribution in [0.1, 0.15) is 25.7 Å². The summed E-state index contributed by atoms with van der Waals surface area (Å²) in [4.78, 5) is 24.4. The molecule has 1 saturated heterocycles. The quantitative estimate of drug-likeness (QED) is 0.699. The summed E-state index contributed by atoms with van der Waals surface area (Å²) in [5.74, 6) is -0.406. The van der Waals surface area contributed by atoms with Crippen LogP contribution in [-0.2, 0) is 14.3 Å². The van der Waals surface area contributed by atoms with Crippen LogP contribution in [0.3, 0.4) is 0 Å². The predicted octanol–water partition coefficient (Wildman–Crippen LogP) is 0.150. The van der Waals surface area contributed by atoms with E-state index in [0.29, 0.717) is 0 Å². The number of ether oxygens (including phenoxy) is 1. The fourth-order valence-electron chi connectivity index (χ4n) is 1.84. The minimum Gasteiger partial charge on any atom is -0.468 e. The SMILES string of the molecule is COC(=O)CN(C)C(=O)C1CCCCCN1. The van der Waals surface area contributed by atoms with Gasteiger partial charge in [-0.3, -0.25) is 9.59 Å². The van der Waals surface area contributed by atoms with E-state index in [1.54, 1.807) is 7.05 Å². The molecule has 0 bridgehead atoms. The molecule has 5 nitrogen and oxygen atoms in total. The Labute approximate surface area is 96.1 Å². The molecule has 1 heterocycles. The Balaban J connectivity index is 2.44. The highest BCUT2D eigenvalue weighted by Gasteiger charge is 2.23. The molecule has 0 aromatic rings. The summed E-state index contributed by atoms with van der Waals surface area (Å²) >= 11 is 0. The third-order valence-corrected chi connectivity index (χ3v) is 2.83. The summed E-state index contributed by atoms with van der Waals surface area (Å²) in [5.41, 5.74) is 0. The van der Waals surface area contributed by atoms with Crippen molar-refractivity contribution in [3.05, 3.63) is 0 Å². The molecule has 1 amide bonds. The lowest BCUT2D eigenvalue weighted by Gasteiger charge is -2.22. The second kappa shape index (κ2) is 6.48. The van der Waals surface area contributed by atoms with E-state index in [1.807, 2.05) is 0 Å². The smallest absolute Gasteiger partial charge is 0.325 e. The lowest BCUT2D eigenvalue weighted by atomic mass is 10.1. The van der Waals surface area contributed by atoms with Gasteiger partial charge in [0.15, 0.2) is 0 Å². The first-order valence-corrected chi connectivity index (χ1v) is 5.70. The summed E-state index contributed by atoms with van der Waals surface area (Å²) in [5, 5.41) is 3.21. The first-order chi connectivity index (χ1) is 7.65. The Hall–Kier alpha value is -1.10. The molecule has 1 aliphatic rings. The van der Waals surface area contributed by atoms with Gasteiger partial charge in [-0.25, -0.2) is 0 Å². The Morgan fingerprint density at radius 2 is 2.12 bits per heavy atom. The highest BCUT2D eigenvalue weighted by molar-refractivity contribution is 5.85. The Morgan fingerprint density at radius 1 is 1.38 bits per heavy atom. The molecule has 1 aliphatic heterocycles. The van der Waals surface area contributed by atoms with Gasteiger partial charge in [0.25, 0.3) is 0 Å². The molecule has 1 rings (SSSR count). The lowest BCUT2D eigenvalue weighted by molar-refractivity contribution is -0.146. The van der Waals surface area contributed by atoms with Gasteiger partial charge in [-0.15, -0.1) is 0 Å². The van der Waals surface area contributed by atoms with E-state index in [0.717, 1.165) is 32.2 Å². The topological polar surface area (TPSA) is 58.6 Å². The van der Waals surface area contributed by atoms with Gasteiger partial charge in [-0.05, 0) is 19.4 Å². The van der Waals surface area contributed by atoms with Gasteiger partial charge in [0.2, 0.25) is 5.91 Å². The fraction of sp³-hybridized carbons (Fsp3) is 0.818. The molecular weight excluding hydrogens is 208 g/mol. The van der Waals surface area contributed by atoms with Crippen LogP contribution < -0.4 is 5.32 Å². The maximum absolute atomic E-state index is 12.0. The number of amides is 1. The van der Waals surface area contributed by atoms with Gasteiger partial charge < -0.3 is 15.0 Å². The monoisotopic (exact) mass is 228 g/mol. The average molecular weight is 228 g/mol. The summed E-state index contributed by atoms with van der Waals surface area (Å²) in [7, 11) is 2.95. The number of hydrogen-bond donors (Lipinski definition) is 1. The number of carbonyl (C=O) groups is 2. The summed E-state index contributed by atoms with van der Waals surface area (Å²) in [6.07, 6.45) is 4.20. The molecule has 1 fully saturated rings. The second-order valence-corrected chi connectivity index (χ2v) is 4.13. The summed E-state index contributed by atoms with van der Waals surface area (Å²) in [6, 6.07) is -0.142. The maximum atomic E-state index is 12.0. The third kappa shape index (κ3) is 3.81. The molecule has 5 heteroatoms. The van der Waals surface area contributed by atoms with E-state index in [1.165, 1.54) is 12.0 Å². The van der Waals surface area contributed by atoms with Crippen LogP contribution in [0.15, 0.2) is 0 Å². The number of carbonyl (C=O) groups excluding carboxylic acids is 2. The van der Waals surface area contributed by atoms with E-state index in [4.69, 9.17) is 0 Å². The van der Waals surface area contributed by atoms with Crippen LogP contribution in [0, 0.1) is 0 Å². The number of esters is 1. The number of hydrogen-bond acceptors (Lipinski definition) is 4. The predicted molar refractivity (Wildman–Crippen MR) is 59.9 cm³/mol. The zero-order valence-electron chi connectivity index (χ0n) is 9.99. The van der Waals surface area contributed by atoms with Crippen molar-refractivity contribution in [1.82, 2.24) is 10.2 Å². The minimum absolute atomic E-state index is 0.0210. The summed E-state index contributed by atoms with van der Waals surface area (Å²) in [6.45, 7) is 0.899. The van der Waals surface area contributed by atoms with E-state index >= 15 is 0 Å². The Kier molecular flexibility index (Phi) is 5.25. The van der Waals surface area contributed by atoms with Gasteiger partial charge in [0, 0.05) is 7.05 Å². The van der Waals surface area contributed by atoms with Crippen molar-refractivity contribution in [1.29, 1.82) is 0 Å². The molecule has 0 aromatic carbocycles. The van der Waals surface area contributed by atoms with Gasteiger partial charge >= 0.3 is 5.97 Å². The van der Waals surface area contributed by atoms with Crippen molar-refractivity contribution in [3.8, 4) is 0 Å². The number of nitrogens with zero attached hydrogens (tertiary/aromatic N) is 1. The molecule has 1 unspecified atom stereocenters. The molecule has 16 heavy (non-hydrogen) atoms. The molecule has 1 atom stereocenters. The Morgan fingerprint density at radius 3 is 2.81 bits per heavy atom. The molecule has 0 aliphatic carbocycles. The highest BCUT2D eigenvalue weighted by Crippen LogP contribution is 2.10. The van der Waals surface area contributed by atoms with Gasteiger partial charge in [-0.2, -0.15) is 0 Å². The largest absolute Gasteiger partial charge is 0.468 e. The normalized spacial score (nSPS) is 21.0. The zero-order chi connectivity index (χ0) is 12.0. The first-order valence-electron chi connectivity index (χ1n) is 5.70. The van der Waals surface area contributed by atoms with Gasteiger partial charge in [0.05, 0.1) is 13.2 Å². The fourth-order valence-corrected chi connectivity index (χ4v) is 1.84. The molecule has 0 aromatic heterocycles. The molecular formula is C11H20N2O3. The van der Waals surface area contributed by atoms with Crippen LogP contribution in [0.2, 0.25) is 0 Å². The third-order valence-electron chi connectivity index (χ3n) is 2.83. The van der Waals surface area contributed by atoms with Crippen molar-refractivity contribution < 1.29 is 14.3 Å². The van der Waals surface area contributed by atoms with Crippen LogP contribution in [0.4, 0.5) is 0 Å². The van der Waals surface area contributed by atoms with Gasteiger partial charge in [0.1, 0.15) is 6.54 Å². The lowest BCUT2D eigenvalue weighted by Crippen LogP contribution is -2.46. The zero-order valence-corrected chi connectivity index (χ0v) is 9.99. The van der Waals surface area contributed by atoms with Crippen molar-refractivity contribution in [3.63, 3.8) is 0 Å². The van der Waals surface area contributed by atoms with Crippen LogP contribution >= 0.6 is 0 Å². The number of rotatable bonds is 3. The highest BCUT2D eigenvalue weighted by atomic mass is 16.5. The average Bonchev–Trinajstić information content (AvgIpc) is 2.56. The molecule has 1 N–H and O–H groups in total. The van der Waals surface area contributed by atoms with Gasteiger partial charge in [-0.1, -0.05) is 12.8 Å². The van der Waals surface area contributed by atoms with Crippen molar-refractivity contribution >= 4 is 11.9 Å². The van der Waals surface area contributed by atoms with Crippen molar-refractivity contribution in [2.45, 2.75) is 31.7 Å². The van der Waals surface area contributed by atoms with Crippen molar-refractivity contribution in [2.75, 3.05) is 27.2 Å². The van der Waals surface area contributed by atoms with E-state index in [2.05, 4.69) is 10.1 Å². The molecule has 0 radical (unpaired) electrons. The maximum Gasteiger partial charge on any atom is 0.325 e. The van der Waals surface area contributed by atoms with Crippen LogP contribution in [0.5, 0.6) is 0 Å². The Bertz CT molecular complexity index is 248. The van der Waals surface area contributed by atoms with E-state index < -0.39 is 0 Å². The van der Waals surface area contributed by atoms with E-state index in [9.17, 15) is 9.59 Å². The number of likely N-dealkylation sites (N-methyl/N-ethyl adjacent to an activating group) is 1. The van der Waals surface area contributed by atoms with Crippen molar-refractivity contribution in [2.24, 2.45) is 0 Å². The number of nitrogens with one attached hydrogen (secondary N) is 1. The molecule has 92 valence electrons. The standard InChI is InChI=1S/C11H20N2O3/c1-13(8-10(14)16-2)11(15)9-6-4-3-5-7-12-9/h9,12H,3-8H2,1-2H3. The molecule has 0 saturated carbocycles. The number of methoxy groups -OCH3 is 1. The van der Waals surface area contributed by atoms with Crippen LogP contribution in [0.25, 0.3) is 0 Å². The minimum atomic E-state index is -0.385. The van der Waals surface area contributed by atoms with E-state index in [-0.39, 0.29) is 24.5 Å².